The van der Waals surface area contributed by atoms with E-state index in [2.05, 4.69) is 34.5 Å². The molecule has 32 heavy (non-hydrogen) atoms. The van der Waals surface area contributed by atoms with Crippen LogP contribution in [0.1, 0.15) is 37.1 Å². The number of rotatable bonds is 6. The maximum atomic E-state index is 12.6. The number of hydrogen-bond acceptors (Lipinski definition) is 7. The number of thiazole rings is 1. The van der Waals surface area contributed by atoms with E-state index in [-0.39, 0.29) is 24.7 Å². The Morgan fingerprint density at radius 2 is 1.84 bits per heavy atom. The highest BCUT2D eigenvalue weighted by molar-refractivity contribution is 7.18. The second-order valence-electron chi connectivity index (χ2n) is 8.28. The fourth-order valence-corrected chi connectivity index (χ4v) is 5.15. The van der Waals surface area contributed by atoms with Gasteiger partial charge in [-0.25, -0.2) is 4.98 Å². The van der Waals surface area contributed by atoms with Crippen molar-refractivity contribution in [3.63, 3.8) is 0 Å². The lowest BCUT2D eigenvalue weighted by atomic mass is 9.85. The lowest BCUT2D eigenvalue weighted by molar-refractivity contribution is -0.140. The van der Waals surface area contributed by atoms with Gasteiger partial charge in [0, 0.05) is 19.4 Å². The molecular weight excluding hydrogens is 424 g/mol. The molecule has 0 spiro atoms. The van der Waals surface area contributed by atoms with Crippen LogP contribution in [0.15, 0.2) is 52.9 Å². The first kappa shape index (κ1) is 20.5. The molecule has 2 aromatic carbocycles. The van der Waals surface area contributed by atoms with Gasteiger partial charge in [0.1, 0.15) is 5.01 Å². The highest BCUT2D eigenvalue weighted by atomic mass is 32.1. The third-order valence-electron chi connectivity index (χ3n) is 5.81. The third-order valence-corrected chi connectivity index (χ3v) is 6.83. The standard InChI is InChI=1S/C24H22N4O3S/c1-3-28-22(29)14-24(2,23(28)30)13-20-27-26-19(31-20)12-21-25-17-10-9-16(11-18(17)32-21)15-7-5-4-6-8-15/h4-11H,3,12-14H2,1-2H3. The van der Waals surface area contributed by atoms with Crippen molar-refractivity contribution in [2.75, 3.05) is 6.54 Å². The summed E-state index contributed by atoms with van der Waals surface area (Å²) in [5.41, 5.74) is 2.42. The summed E-state index contributed by atoms with van der Waals surface area (Å²) >= 11 is 1.60. The van der Waals surface area contributed by atoms with Crippen LogP contribution in [-0.4, -0.2) is 38.4 Å². The number of hydrogen-bond donors (Lipinski definition) is 0. The van der Waals surface area contributed by atoms with Crippen molar-refractivity contribution in [1.82, 2.24) is 20.1 Å². The largest absolute Gasteiger partial charge is 0.425 e. The molecule has 3 heterocycles. The lowest BCUT2D eigenvalue weighted by Gasteiger charge is -2.19. The summed E-state index contributed by atoms with van der Waals surface area (Å²) in [5, 5.41) is 9.15. The first-order valence-electron chi connectivity index (χ1n) is 10.6. The second kappa shape index (κ2) is 7.94. The van der Waals surface area contributed by atoms with E-state index in [1.165, 1.54) is 10.5 Å². The van der Waals surface area contributed by atoms with Crippen molar-refractivity contribution in [1.29, 1.82) is 0 Å². The summed E-state index contributed by atoms with van der Waals surface area (Å²) < 4.78 is 6.92. The molecule has 162 valence electrons. The molecule has 2 aromatic heterocycles. The van der Waals surface area contributed by atoms with Gasteiger partial charge in [0.25, 0.3) is 0 Å². The molecule has 1 saturated heterocycles. The molecule has 1 aliphatic rings. The average molecular weight is 447 g/mol. The van der Waals surface area contributed by atoms with Gasteiger partial charge in [-0.2, -0.15) is 0 Å². The maximum absolute atomic E-state index is 12.6. The van der Waals surface area contributed by atoms with Crippen molar-refractivity contribution in [2.45, 2.75) is 33.1 Å². The van der Waals surface area contributed by atoms with Crippen LogP contribution in [0.5, 0.6) is 0 Å². The van der Waals surface area contributed by atoms with Gasteiger partial charge in [0.05, 0.1) is 22.1 Å². The smallest absolute Gasteiger partial charge is 0.236 e. The van der Waals surface area contributed by atoms with E-state index in [1.807, 2.05) is 24.3 Å². The molecule has 1 atom stereocenters. The number of carbonyl (C=O) groups excluding carboxylic acids is 2. The van der Waals surface area contributed by atoms with E-state index in [4.69, 9.17) is 9.40 Å². The van der Waals surface area contributed by atoms with Crippen LogP contribution in [0.25, 0.3) is 21.3 Å². The van der Waals surface area contributed by atoms with E-state index in [1.54, 1.807) is 25.2 Å². The monoisotopic (exact) mass is 446 g/mol. The Morgan fingerprint density at radius 3 is 2.59 bits per heavy atom. The van der Waals surface area contributed by atoms with E-state index in [0.717, 1.165) is 20.8 Å². The van der Waals surface area contributed by atoms with E-state index in [9.17, 15) is 9.59 Å². The van der Waals surface area contributed by atoms with Crippen LogP contribution < -0.4 is 0 Å². The normalized spacial score (nSPS) is 18.8. The van der Waals surface area contributed by atoms with Crippen LogP contribution >= 0.6 is 11.3 Å². The highest BCUT2D eigenvalue weighted by Gasteiger charge is 2.48. The van der Waals surface area contributed by atoms with Crippen molar-refractivity contribution in [3.8, 4) is 11.1 Å². The Balaban J connectivity index is 1.32. The average Bonchev–Trinajstić information content (AvgIpc) is 3.45. The maximum Gasteiger partial charge on any atom is 0.236 e. The molecule has 0 radical (unpaired) electrons. The van der Waals surface area contributed by atoms with E-state index in [0.29, 0.717) is 24.7 Å². The van der Waals surface area contributed by atoms with Crippen molar-refractivity contribution in [2.24, 2.45) is 5.41 Å². The number of amides is 2. The lowest BCUT2D eigenvalue weighted by Crippen LogP contribution is -2.35. The number of nitrogens with zero attached hydrogens (tertiary/aromatic N) is 4. The summed E-state index contributed by atoms with van der Waals surface area (Å²) in [7, 11) is 0. The van der Waals surface area contributed by atoms with Crippen LogP contribution in [-0.2, 0) is 22.4 Å². The number of carbonyl (C=O) groups is 2. The van der Waals surface area contributed by atoms with Gasteiger partial charge in [0.15, 0.2) is 0 Å². The topological polar surface area (TPSA) is 89.2 Å². The number of imide groups is 1. The van der Waals surface area contributed by atoms with Crippen LogP contribution in [0, 0.1) is 5.41 Å². The summed E-state index contributed by atoms with van der Waals surface area (Å²) in [6.45, 7) is 3.96. The molecule has 2 amide bonds. The summed E-state index contributed by atoms with van der Waals surface area (Å²) in [4.78, 5) is 30.7. The first-order valence-corrected chi connectivity index (χ1v) is 11.4. The zero-order chi connectivity index (χ0) is 22.3. The van der Waals surface area contributed by atoms with Crippen molar-refractivity contribution in [3.05, 3.63) is 65.3 Å². The van der Waals surface area contributed by atoms with Gasteiger partial charge >= 0.3 is 0 Å². The Hall–Kier alpha value is -3.39. The predicted molar refractivity (Wildman–Crippen MR) is 121 cm³/mol. The molecule has 0 aliphatic carbocycles. The fourth-order valence-electron chi connectivity index (χ4n) is 4.15. The Bertz CT molecular complexity index is 1310. The van der Waals surface area contributed by atoms with Crippen LogP contribution in [0.2, 0.25) is 0 Å². The third kappa shape index (κ3) is 3.71. The quantitative estimate of drug-likeness (QED) is 0.411. The zero-order valence-corrected chi connectivity index (χ0v) is 18.7. The minimum Gasteiger partial charge on any atom is -0.425 e. The molecule has 5 rings (SSSR count). The number of likely N-dealkylation sites (tertiary alicyclic amines) is 1. The van der Waals surface area contributed by atoms with Gasteiger partial charge < -0.3 is 4.42 Å². The number of benzene rings is 2. The number of aromatic nitrogens is 3. The van der Waals surface area contributed by atoms with Crippen LogP contribution in [0.3, 0.4) is 0 Å². The zero-order valence-electron chi connectivity index (χ0n) is 17.9. The van der Waals surface area contributed by atoms with E-state index < -0.39 is 5.41 Å². The highest BCUT2D eigenvalue weighted by Crippen LogP contribution is 2.36. The SMILES string of the molecule is CCN1C(=O)CC(C)(Cc2nnc(Cc3nc4ccc(-c5ccccc5)cc4s3)o2)C1=O. The number of fused-ring (bicyclic) bond motifs is 1. The van der Waals surface area contributed by atoms with Crippen LogP contribution in [0.4, 0.5) is 0 Å². The summed E-state index contributed by atoms with van der Waals surface area (Å²) in [6, 6.07) is 16.5. The molecule has 0 N–H and O–H groups in total. The van der Waals surface area contributed by atoms with Crippen molar-refractivity contribution >= 4 is 33.4 Å². The first-order chi connectivity index (χ1) is 15.4. The molecule has 8 heteroatoms. The molecular formula is C24H22N4O3S. The molecule has 0 bridgehead atoms. The Labute approximate surface area is 189 Å². The van der Waals surface area contributed by atoms with Gasteiger partial charge in [-0.15, -0.1) is 21.5 Å². The van der Waals surface area contributed by atoms with Gasteiger partial charge in [-0.05, 0) is 37.1 Å². The predicted octanol–water partition coefficient (Wildman–Crippen LogP) is 4.26. The second-order valence-corrected chi connectivity index (χ2v) is 9.40. The molecule has 1 unspecified atom stereocenters. The minimum absolute atomic E-state index is 0.149. The van der Waals surface area contributed by atoms with Gasteiger partial charge in [-0.1, -0.05) is 36.4 Å². The van der Waals surface area contributed by atoms with Gasteiger partial charge in [-0.3, -0.25) is 14.5 Å². The summed E-state index contributed by atoms with van der Waals surface area (Å²) in [5.74, 6) is 0.498. The van der Waals surface area contributed by atoms with Crippen molar-refractivity contribution < 1.29 is 14.0 Å². The molecule has 0 saturated carbocycles. The van der Waals surface area contributed by atoms with Gasteiger partial charge in [0.2, 0.25) is 23.6 Å². The van der Waals surface area contributed by atoms with E-state index >= 15 is 0 Å². The minimum atomic E-state index is -0.833. The molecule has 4 aromatic rings. The molecule has 7 nitrogen and oxygen atoms in total. The Kier molecular flexibility index (Phi) is 5.09. The summed E-state index contributed by atoms with van der Waals surface area (Å²) in [6.07, 6.45) is 0.845. The fraction of sp³-hybridized carbons (Fsp3) is 0.292. The molecule has 1 fully saturated rings. The molecule has 1 aliphatic heterocycles. The Morgan fingerprint density at radius 1 is 1.06 bits per heavy atom.